The zero-order valence-electron chi connectivity index (χ0n) is 19.8. The fourth-order valence-corrected chi connectivity index (χ4v) is 4.97. The highest BCUT2D eigenvalue weighted by Gasteiger charge is 2.35. The molecular weight excluding hydrogens is 466 g/mol. The molecule has 2 N–H and O–H groups in total. The lowest BCUT2D eigenvalue weighted by Gasteiger charge is -2.31. The third kappa shape index (κ3) is 5.68. The molecule has 3 aromatic rings. The van der Waals surface area contributed by atoms with Crippen LogP contribution < -0.4 is 5.32 Å². The minimum Gasteiger partial charge on any atom is -0.461 e. The average Bonchev–Trinajstić information content (AvgIpc) is 3.23. The van der Waals surface area contributed by atoms with E-state index in [1.807, 2.05) is 30.3 Å². The molecule has 184 valence electrons. The molecule has 35 heavy (non-hydrogen) atoms. The van der Waals surface area contributed by atoms with Crippen molar-refractivity contribution >= 4 is 40.8 Å². The second-order valence-corrected chi connectivity index (χ2v) is 9.27. The van der Waals surface area contributed by atoms with Gasteiger partial charge < -0.3 is 19.9 Å². The zero-order chi connectivity index (χ0) is 24.8. The minimum atomic E-state index is -1.04. The summed E-state index contributed by atoms with van der Waals surface area (Å²) in [4.78, 5) is 43.8. The van der Waals surface area contributed by atoms with Crippen LogP contribution in [0.3, 0.4) is 0 Å². The van der Waals surface area contributed by atoms with Crippen molar-refractivity contribution in [3.63, 3.8) is 0 Å². The van der Waals surface area contributed by atoms with E-state index in [1.54, 1.807) is 25.1 Å². The van der Waals surface area contributed by atoms with E-state index in [0.29, 0.717) is 27.9 Å². The predicted molar refractivity (Wildman–Crippen MR) is 135 cm³/mol. The summed E-state index contributed by atoms with van der Waals surface area (Å²) < 4.78 is 5.30. The lowest BCUT2D eigenvalue weighted by Crippen LogP contribution is -2.45. The van der Waals surface area contributed by atoms with Crippen molar-refractivity contribution < 1.29 is 19.1 Å². The van der Waals surface area contributed by atoms with Crippen molar-refractivity contribution in [2.24, 2.45) is 0 Å². The van der Waals surface area contributed by atoms with Crippen LogP contribution in [0.25, 0.3) is 10.9 Å². The van der Waals surface area contributed by atoms with Gasteiger partial charge in [0.1, 0.15) is 11.7 Å². The highest BCUT2D eigenvalue weighted by Crippen LogP contribution is 2.35. The largest absolute Gasteiger partial charge is 0.461 e. The van der Waals surface area contributed by atoms with Gasteiger partial charge in [0.15, 0.2) is 0 Å². The number of H-pyrrole nitrogens is 1. The Kier molecular flexibility index (Phi) is 8.08. The van der Waals surface area contributed by atoms with Crippen LogP contribution in [0.15, 0.2) is 48.5 Å². The first-order valence-electron chi connectivity index (χ1n) is 12.1. The van der Waals surface area contributed by atoms with Crippen LogP contribution in [-0.4, -0.2) is 40.8 Å². The topological polar surface area (TPSA) is 91.5 Å². The maximum absolute atomic E-state index is 13.8. The number of fused-ring (bicyclic) bond motifs is 1. The molecule has 0 aliphatic heterocycles. The van der Waals surface area contributed by atoms with Gasteiger partial charge in [0.25, 0.3) is 0 Å². The Labute approximate surface area is 209 Å². The van der Waals surface area contributed by atoms with Gasteiger partial charge in [0.05, 0.1) is 6.61 Å². The van der Waals surface area contributed by atoms with Crippen LogP contribution in [-0.2, 0) is 20.9 Å². The Hall–Kier alpha value is -3.32. The predicted octanol–water partition coefficient (Wildman–Crippen LogP) is 5.15. The van der Waals surface area contributed by atoms with E-state index >= 15 is 0 Å². The van der Waals surface area contributed by atoms with E-state index in [9.17, 15) is 14.4 Å². The molecule has 1 aliphatic carbocycles. The van der Waals surface area contributed by atoms with Crippen molar-refractivity contribution in [2.45, 2.75) is 57.7 Å². The fourth-order valence-electron chi connectivity index (χ4n) is 4.80. The lowest BCUT2D eigenvalue weighted by molar-refractivity contribution is -0.134. The number of amides is 2. The molecule has 1 aliphatic rings. The van der Waals surface area contributed by atoms with Gasteiger partial charge in [-0.2, -0.15) is 0 Å². The first-order chi connectivity index (χ1) is 17.0. The van der Waals surface area contributed by atoms with Crippen LogP contribution in [0.2, 0.25) is 5.02 Å². The number of rotatable bonds is 9. The molecular formula is C27H30ClN3O4. The summed E-state index contributed by atoms with van der Waals surface area (Å²) in [6.45, 7) is 2.10. The van der Waals surface area contributed by atoms with Crippen molar-refractivity contribution in [1.82, 2.24) is 15.2 Å². The first-order valence-corrected chi connectivity index (χ1v) is 12.4. The highest BCUT2D eigenvalue weighted by atomic mass is 35.5. The van der Waals surface area contributed by atoms with Crippen molar-refractivity contribution in [2.75, 3.05) is 6.61 Å². The molecule has 1 aromatic heterocycles. The molecule has 0 spiro atoms. The third-order valence-electron chi connectivity index (χ3n) is 6.43. The number of nitrogens with zero attached hydrogens (tertiary/aromatic N) is 1. The van der Waals surface area contributed by atoms with Gasteiger partial charge in [-0.05, 0) is 37.5 Å². The van der Waals surface area contributed by atoms with Crippen LogP contribution in [0.4, 0.5) is 0 Å². The van der Waals surface area contributed by atoms with Crippen LogP contribution >= 0.6 is 11.6 Å². The summed E-state index contributed by atoms with van der Waals surface area (Å²) >= 11 is 6.21. The number of aromatic nitrogens is 1. The van der Waals surface area contributed by atoms with Gasteiger partial charge in [-0.25, -0.2) is 4.79 Å². The van der Waals surface area contributed by atoms with E-state index in [-0.39, 0.29) is 30.8 Å². The number of halogens is 1. The second kappa shape index (κ2) is 11.4. The molecule has 2 aromatic carbocycles. The second-order valence-electron chi connectivity index (χ2n) is 8.83. The van der Waals surface area contributed by atoms with E-state index in [2.05, 4.69) is 10.3 Å². The Balaban J connectivity index is 1.83. The number of hydrogen-bond donors (Lipinski definition) is 2. The number of esters is 1. The number of aromatic amines is 1. The van der Waals surface area contributed by atoms with Crippen molar-refractivity contribution in [3.05, 3.63) is 70.4 Å². The summed E-state index contributed by atoms with van der Waals surface area (Å²) in [6, 6.07) is 13.6. The Morgan fingerprint density at radius 3 is 2.60 bits per heavy atom. The molecule has 1 atom stereocenters. The molecule has 8 heteroatoms. The summed E-state index contributed by atoms with van der Waals surface area (Å²) in [5.74, 6) is -0.905. The summed E-state index contributed by atoms with van der Waals surface area (Å²) in [5.41, 5.74) is 2.02. The first kappa shape index (κ1) is 24.8. The third-order valence-corrected chi connectivity index (χ3v) is 6.66. The fraction of sp³-hybridized carbons (Fsp3) is 0.370. The average molecular weight is 496 g/mol. The molecule has 7 nitrogen and oxygen atoms in total. The standard InChI is InChI=1S/C27H30ClN3O4/c1-2-35-27(34)24-23(21-14-13-19(28)15-22(21)30-24)25(26(33)29-20-11-7-4-8-12-20)31(17-32)16-18-9-5-3-6-10-18/h3,5-6,9-10,13-15,17,20,25,30H,2,4,7-8,11-12,16H2,1H3,(H,29,33). The normalized spacial score (nSPS) is 14.9. The van der Waals surface area contributed by atoms with Gasteiger partial charge >= 0.3 is 5.97 Å². The Morgan fingerprint density at radius 1 is 1.17 bits per heavy atom. The molecule has 1 heterocycles. The molecule has 0 saturated heterocycles. The van der Waals surface area contributed by atoms with Gasteiger partial charge in [-0.15, -0.1) is 0 Å². The monoisotopic (exact) mass is 495 g/mol. The molecule has 4 rings (SSSR count). The molecule has 0 bridgehead atoms. The van der Waals surface area contributed by atoms with E-state index in [1.165, 1.54) is 4.90 Å². The van der Waals surface area contributed by atoms with Crippen LogP contribution in [0.5, 0.6) is 0 Å². The number of carbonyl (C=O) groups is 3. The number of ether oxygens (including phenoxy) is 1. The van der Waals surface area contributed by atoms with E-state index < -0.39 is 12.0 Å². The molecule has 0 radical (unpaired) electrons. The molecule has 1 fully saturated rings. The van der Waals surface area contributed by atoms with Crippen molar-refractivity contribution in [1.29, 1.82) is 0 Å². The smallest absolute Gasteiger partial charge is 0.355 e. The van der Waals surface area contributed by atoms with Gasteiger partial charge in [0.2, 0.25) is 12.3 Å². The Bertz CT molecular complexity index is 1190. The van der Waals surface area contributed by atoms with E-state index in [4.69, 9.17) is 16.3 Å². The van der Waals surface area contributed by atoms with Gasteiger partial charge in [-0.1, -0.05) is 67.3 Å². The van der Waals surface area contributed by atoms with Crippen LogP contribution in [0.1, 0.15) is 66.7 Å². The summed E-state index contributed by atoms with van der Waals surface area (Å²) in [5, 5.41) is 4.28. The number of carbonyl (C=O) groups excluding carboxylic acids is 3. The quantitative estimate of drug-likeness (QED) is 0.317. The number of benzene rings is 2. The number of hydrogen-bond acceptors (Lipinski definition) is 4. The lowest BCUT2D eigenvalue weighted by atomic mass is 9.94. The van der Waals surface area contributed by atoms with E-state index in [0.717, 1.165) is 37.7 Å². The number of nitrogens with one attached hydrogen (secondary N) is 2. The summed E-state index contributed by atoms with van der Waals surface area (Å²) in [7, 11) is 0. The van der Waals surface area contributed by atoms with Crippen LogP contribution in [0, 0.1) is 0 Å². The molecule has 2 amide bonds. The van der Waals surface area contributed by atoms with Gasteiger partial charge in [-0.3, -0.25) is 9.59 Å². The van der Waals surface area contributed by atoms with Gasteiger partial charge in [0, 0.05) is 34.1 Å². The Morgan fingerprint density at radius 2 is 1.91 bits per heavy atom. The molecule has 1 saturated carbocycles. The van der Waals surface area contributed by atoms with Crippen molar-refractivity contribution in [3.8, 4) is 0 Å². The maximum Gasteiger partial charge on any atom is 0.355 e. The zero-order valence-corrected chi connectivity index (χ0v) is 20.5. The molecule has 1 unspecified atom stereocenters. The summed E-state index contributed by atoms with van der Waals surface area (Å²) in [6.07, 6.45) is 5.72. The highest BCUT2D eigenvalue weighted by molar-refractivity contribution is 6.31. The maximum atomic E-state index is 13.8. The SMILES string of the molecule is CCOC(=O)c1[nH]c2cc(Cl)ccc2c1C(C(=O)NC1CCCCC1)N(C=O)Cc1ccccc1. The minimum absolute atomic E-state index is 0.0367.